The first-order valence-corrected chi connectivity index (χ1v) is 4.55. The Hall–Kier alpha value is -1.65. The number of benzene rings is 1. The summed E-state index contributed by atoms with van der Waals surface area (Å²) in [6, 6.07) is 1.97. The number of hydrogen-bond donors (Lipinski definition) is 2. The Morgan fingerprint density at radius 2 is 2.20 bits per heavy atom. The Balaban J connectivity index is 2.96. The summed E-state index contributed by atoms with van der Waals surface area (Å²) in [7, 11) is 0. The van der Waals surface area contributed by atoms with E-state index in [-0.39, 0.29) is 5.56 Å². The van der Waals surface area contributed by atoms with Gasteiger partial charge in [-0.3, -0.25) is 0 Å². The first-order chi connectivity index (χ1) is 7.04. The van der Waals surface area contributed by atoms with Gasteiger partial charge in [-0.1, -0.05) is 13.0 Å². The van der Waals surface area contributed by atoms with E-state index in [1.54, 1.807) is 6.92 Å². The number of nitrogens with two attached hydrogens (primary N) is 1. The number of rotatable bonds is 3. The summed E-state index contributed by atoms with van der Waals surface area (Å²) < 4.78 is 25.9. The van der Waals surface area contributed by atoms with Crippen molar-refractivity contribution in [3.8, 4) is 0 Å². The molecule has 1 aromatic rings. The van der Waals surface area contributed by atoms with Crippen molar-refractivity contribution in [2.24, 2.45) is 5.73 Å². The molecule has 0 aliphatic carbocycles. The smallest absolute Gasteiger partial charge is 0.312 e. The molecule has 0 heterocycles. The maximum absolute atomic E-state index is 13.3. The van der Waals surface area contributed by atoms with E-state index in [4.69, 9.17) is 5.73 Å². The van der Waals surface area contributed by atoms with E-state index in [0.717, 1.165) is 12.1 Å². The van der Waals surface area contributed by atoms with Gasteiger partial charge in [0.2, 0.25) is 0 Å². The van der Waals surface area contributed by atoms with Gasteiger partial charge in [0.25, 0.3) is 0 Å². The predicted molar refractivity (Wildman–Crippen MR) is 52.1 cm³/mol. The third kappa shape index (κ3) is 2.90. The number of nitrogens with one attached hydrogen (secondary N) is 1. The maximum atomic E-state index is 13.3. The van der Waals surface area contributed by atoms with Gasteiger partial charge in [-0.2, -0.15) is 0 Å². The zero-order chi connectivity index (χ0) is 11.4. The van der Waals surface area contributed by atoms with Crippen LogP contribution in [0.25, 0.3) is 0 Å². The molecule has 0 aliphatic rings. The average Bonchev–Trinajstić information content (AvgIpc) is 2.14. The molecule has 1 aromatic carbocycles. The molecule has 2 amide bonds. The van der Waals surface area contributed by atoms with Crippen molar-refractivity contribution in [3.05, 3.63) is 35.4 Å². The van der Waals surface area contributed by atoms with Gasteiger partial charge in [0.1, 0.15) is 11.6 Å². The molecule has 0 aromatic heterocycles. The predicted octanol–water partition coefficient (Wildman–Crippen LogP) is 2.08. The van der Waals surface area contributed by atoms with E-state index < -0.39 is 23.7 Å². The van der Waals surface area contributed by atoms with Crippen molar-refractivity contribution >= 4 is 6.03 Å². The lowest BCUT2D eigenvalue weighted by atomic mass is 10.0. The Labute approximate surface area is 86.3 Å². The van der Waals surface area contributed by atoms with Crippen LogP contribution in [-0.2, 0) is 0 Å². The molecule has 0 aliphatic heterocycles. The van der Waals surface area contributed by atoms with Crippen LogP contribution in [0, 0.1) is 11.6 Å². The molecule has 0 bridgehead atoms. The molecule has 0 saturated carbocycles. The summed E-state index contributed by atoms with van der Waals surface area (Å²) in [5, 5.41) is 2.38. The van der Waals surface area contributed by atoms with Gasteiger partial charge in [0.05, 0.1) is 6.04 Å². The van der Waals surface area contributed by atoms with Crippen LogP contribution in [0.3, 0.4) is 0 Å². The number of halogens is 2. The molecule has 3 N–H and O–H groups in total. The zero-order valence-corrected chi connectivity index (χ0v) is 8.26. The molecule has 0 saturated heterocycles. The van der Waals surface area contributed by atoms with Gasteiger partial charge < -0.3 is 11.1 Å². The van der Waals surface area contributed by atoms with Gasteiger partial charge in [-0.15, -0.1) is 0 Å². The molecule has 3 nitrogen and oxygen atoms in total. The Morgan fingerprint density at radius 3 is 2.67 bits per heavy atom. The van der Waals surface area contributed by atoms with E-state index in [9.17, 15) is 13.6 Å². The van der Waals surface area contributed by atoms with E-state index >= 15 is 0 Å². The minimum atomic E-state index is -0.731. The van der Waals surface area contributed by atoms with Crippen LogP contribution in [0.2, 0.25) is 0 Å². The second-order valence-electron chi connectivity index (χ2n) is 3.14. The van der Waals surface area contributed by atoms with E-state index in [2.05, 4.69) is 5.32 Å². The van der Waals surface area contributed by atoms with Gasteiger partial charge >= 0.3 is 6.03 Å². The van der Waals surface area contributed by atoms with Crippen LogP contribution in [0.5, 0.6) is 0 Å². The fraction of sp³-hybridized carbons (Fsp3) is 0.300. The van der Waals surface area contributed by atoms with Crippen LogP contribution in [0.1, 0.15) is 24.9 Å². The summed E-state index contributed by atoms with van der Waals surface area (Å²) in [5.74, 6) is -1.33. The van der Waals surface area contributed by atoms with Crippen LogP contribution in [0.15, 0.2) is 18.2 Å². The molecular formula is C10H12F2N2O. The first-order valence-electron chi connectivity index (χ1n) is 4.55. The average molecular weight is 214 g/mol. The minimum Gasteiger partial charge on any atom is -0.352 e. The topological polar surface area (TPSA) is 55.1 Å². The molecule has 1 rings (SSSR count). The van der Waals surface area contributed by atoms with Gasteiger partial charge in [-0.25, -0.2) is 13.6 Å². The van der Waals surface area contributed by atoms with Crippen molar-refractivity contribution in [1.29, 1.82) is 0 Å². The highest BCUT2D eigenvalue weighted by molar-refractivity contribution is 5.72. The highest BCUT2D eigenvalue weighted by Crippen LogP contribution is 2.20. The largest absolute Gasteiger partial charge is 0.352 e. The quantitative estimate of drug-likeness (QED) is 0.795. The van der Waals surface area contributed by atoms with Crippen LogP contribution in [-0.4, -0.2) is 6.03 Å². The monoisotopic (exact) mass is 214 g/mol. The van der Waals surface area contributed by atoms with Gasteiger partial charge in [-0.05, 0) is 12.5 Å². The lowest BCUT2D eigenvalue weighted by Crippen LogP contribution is -2.33. The summed E-state index contributed by atoms with van der Waals surface area (Å²) in [5.41, 5.74) is 5.17. The molecule has 0 radical (unpaired) electrons. The third-order valence-corrected chi connectivity index (χ3v) is 2.06. The van der Waals surface area contributed by atoms with Crippen molar-refractivity contribution in [2.45, 2.75) is 19.4 Å². The number of hydrogen-bond acceptors (Lipinski definition) is 1. The lowest BCUT2D eigenvalue weighted by Gasteiger charge is -2.16. The van der Waals surface area contributed by atoms with Crippen molar-refractivity contribution in [2.75, 3.05) is 0 Å². The first kappa shape index (κ1) is 11.4. The van der Waals surface area contributed by atoms with E-state index in [1.165, 1.54) is 6.07 Å². The second kappa shape index (κ2) is 4.72. The van der Waals surface area contributed by atoms with Crippen molar-refractivity contribution < 1.29 is 13.6 Å². The van der Waals surface area contributed by atoms with Gasteiger partial charge in [0.15, 0.2) is 0 Å². The summed E-state index contributed by atoms with van der Waals surface area (Å²) in [6.07, 6.45) is 0.478. The van der Waals surface area contributed by atoms with Gasteiger partial charge in [0, 0.05) is 11.6 Å². The van der Waals surface area contributed by atoms with Crippen molar-refractivity contribution in [1.82, 2.24) is 5.32 Å². The highest BCUT2D eigenvalue weighted by Gasteiger charge is 2.15. The SMILES string of the molecule is CCC(NC(N)=O)c1ccc(F)cc1F. The van der Waals surface area contributed by atoms with Crippen molar-refractivity contribution in [3.63, 3.8) is 0 Å². The zero-order valence-electron chi connectivity index (χ0n) is 8.26. The van der Waals surface area contributed by atoms with E-state index in [1.807, 2.05) is 0 Å². The van der Waals surface area contributed by atoms with Crippen LogP contribution in [0.4, 0.5) is 13.6 Å². The Bertz CT molecular complexity index is 368. The molecule has 15 heavy (non-hydrogen) atoms. The molecular weight excluding hydrogens is 202 g/mol. The fourth-order valence-electron chi connectivity index (χ4n) is 1.36. The van der Waals surface area contributed by atoms with Crippen LogP contribution >= 0.6 is 0 Å². The number of amides is 2. The normalized spacial score (nSPS) is 12.2. The number of primary amides is 1. The molecule has 0 spiro atoms. The number of carbonyl (C=O) groups is 1. The fourth-order valence-corrected chi connectivity index (χ4v) is 1.36. The second-order valence-corrected chi connectivity index (χ2v) is 3.14. The maximum Gasteiger partial charge on any atom is 0.312 e. The van der Waals surface area contributed by atoms with E-state index in [0.29, 0.717) is 6.42 Å². The minimum absolute atomic E-state index is 0.234. The molecule has 82 valence electrons. The molecule has 5 heteroatoms. The number of urea groups is 1. The summed E-state index contributed by atoms with van der Waals surface area (Å²) in [6.45, 7) is 1.77. The Morgan fingerprint density at radius 1 is 1.53 bits per heavy atom. The summed E-state index contributed by atoms with van der Waals surface area (Å²) >= 11 is 0. The van der Waals surface area contributed by atoms with Crippen LogP contribution < -0.4 is 11.1 Å². The Kier molecular flexibility index (Phi) is 3.60. The molecule has 0 fully saturated rings. The molecule has 1 unspecified atom stereocenters. The number of carbonyl (C=O) groups excluding carboxylic acids is 1. The molecule has 1 atom stereocenters. The standard InChI is InChI=1S/C10H12F2N2O/c1-2-9(14-10(13)15)7-4-3-6(11)5-8(7)12/h3-5,9H,2H2,1H3,(H3,13,14,15). The highest BCUT2D eigenvalue weighted by atomic mass is 19.1. The summed E-state index contributed by atoms with van der Waals surface area (Å²) in [4.78, 5) is 10.6. The third-order valence-electron chi connectivity index (χ3n) is 2.06. The lowest BCUT2D eigenvalue weighted by molar-refractivity contribution is 0.244.